The van der Waals surface area contributed by atoms with Gasteiger partial charge < -0.3 is 9.73 Å². The van der Waals surface area contributed by atoms with Gasteiger partial charge >= 0.3 is 0 Å². The van der Waals surface area contributed by atoms with E-state index in [0.29, 0.717) is 5.89 Å². The zero-order chi connectivity index (χ0) is 18.3. The third kappa shape index (κ3) is 3.07. The smallest absolute Gasteiger partial charge is 0.235 e. The van der Waals surface area contributed by atoms with Crippen molar-refractivity contribution in [2.75, 3.05) is 5.32 Å². The summed E-state index contributed by atoms with van der Waals surface area (Å²) >= 11 is 3.49. The number of nitrogens with zero attached hydrogens (tertiary/aromatic N) is 1. The summed E-state index contributed by atoms with van der Waals surface area (Å²) in [5.74, 6) is 1.41. The van der Waals surface area contributed by atoms with Crippen molar-refractivity contribution in [3.63, 3.8) is 0 Å². The molecule has 0 aliphatic heterocycles. The largest absolute Gasteiger partial charge is 0.441 e. The summed E-state index contributed by atoms with van der Waals surface area (Å²) < 4.78 is 6.68. The average molecular weight is 411 g/mol. The molecule has 1 aromatic heterocycles. The maximum atomic E-state index is 12.9. The molecule has 1 aliphatic carbocycles. The second-order valence-corrected chi connectivity index (χ2v) is 7.70. The number of anilines is 1. The lowest BCUT2D eigenvalue weighted by Gasteiger charge is -2.16. The predicted octanol–water partition coefficient (Wildman–Crippen LogP) is 5.39. The van der Waals surface area contributed by atoms with Crippen LogP contribution in [0.3, 0.4) is 0 Å². The molecule has 0 unspecified atom stereocenters. The highest BCUT2D eigenvalue weighted by Crippen LogP contribution is 2.49. The van der Waals surface area contributed by atoms with Crippen LogP contribution < -0.4 is 5.32 Å². The second kappa shape index (κ2) is 6.40. The van der Waals surface area contributed by atoms with Gasteiger partial charge in [0, 0.05) is 15.7 Å². The molecule has 2 aromatic carbocycles. The van der Waals surface area contributed by atoms with E-state index in [0.717, 1.165) is 45.6 Å². The second-order valence-electron chi connectivity index (χ2n) is 6.79. The van der Waals surface area contributed by atoms with E-state index in [1.165, 1.54) is 0 Å². The Bertz CT molecular complexity index is 970. The van der Waals surface area contributed by atoms with Gasteiger partial charge in [-0.3, -0.25) is 4.79 Å². The number of aromatic nitrogens is 1. The van der Waals surface area contributed by atoms with Crippen molar-refractivity contribution in [3.05, 3.63) is 70.0 Å². The number of carbonyl (C=O) groups is 1. The number of halogens is 1. The molecule has 0 radical (unpaired) electrons. The molecular formula is C21H19BrN2O2. The number of rotatable bonds is 4. The van der Waals surface area contributed by atoms with Gasteiger partial charge in [0.15, 0.2) is 0 Å². The summed E-state index contributed by atoms with van der Waals surface area (Å²) in [5.41, 5.74) is 3.12. The number of benzene rings is 2. The molecule has 1 aliphatic rings. The van der Waals surface area contributed by atoms with Crippen LogP contribution in [0.1, 0.15) is 29.9 Å². The van der Waals surface area contributed by atoms with Crippen molar-refractivity contribution in [1.29, 1.82) is 0 Å². The number of oxazole rings is 1. The van der Waals surface area contributed by atoms with Gasteiger partial charge in [-0.2, -0.15) is 0 Å². The van der Waals surface area contributed by atoms with Gasteiger partial charge in [-0.25, -0.2) is 4.98 Å². The summed E-state index contributed by atoms with van der Waals surface area (Å²) in [6, 6.07) is 15.6. The molecule has 26 heavy (non-hydrogen) atoms. The number of aryl methyl sites for hydroxylation is 2. The third-order valence-corrected chi connectivity index (χ3v) is 5.45. The highest BCUT2D eigenvalue weighted by atomic mass is 79.9. The highest BCUT2D eigenvalue weighted by molar-refractivity contribution is 9.10. The van der Waals surface area contributed by atoms with Crippen molar-refractivity contribution in [2.24, 2.45) is 0 Å². The summed E-state index contributed by atoms with van der Waals surface area (Å²) in [5, 5.41) is 3.07. The van der Waals surface area contributed by atoms with Crippen molar-refractivity contribution in [2.45, 2.75) is 32.1 Å². The van der Waals surface area contributed by atoms with Gasteiger partial charge in [0.2, 0.25) is 11.8 Å². The molecule has 1 saturated carbocycles. The molecule has 0 saturated heterocycles. The Morgan fingerprint density at radius 2 is 1.92 bits per heavy atom. The third-order valence-electron chi connectivity index (χ3n) is 4.96. The van der Waals surface area contributed by atoms with Crippen LogP contribution in [0.4, 0.5) is 5.69 Å². The summed E-state index contributed by atoms with van der Waals surface area (Å²) in [4.78, 5) is 17.4. The van der Waals surface area contributed by atoms with Gasteiger partial charge in [-0.15, -0.1) is 0 Å². The average Bonchev–Trinajstić information content (AvgIpc) is 3.37. The lowest BCUT2D eigenvalue weighted by atomic mass is 9.95. The van der Waals surface area contributed by atoms with E-state index in [2.05, 4.69) is 26.2 Å². The number of carbonyl (C=O) groups excluding carboxylic acids is 1. The van der Waals surface area contributed by atoms with Crippen LogP contribution in [-0.2, 0) is 10.2 Å². The maximum absolute atomic E-state index is 12.9. The molecule has 1 N–H and O–H groups in total. The van der Waals surface area contributed by atoms with E-state index in [1.54, 1.807) is 0 Å². The normalized spacial score (nSPS) is 14.9. The molecule has 1 heterocycles. The molecular weight excluding hydrogens is 392 g/mol. The first-order valence-corrected chi connectivity index (χ1v) is 9.39. The molecule has 4 nitrogen and oxygen atoms in total. The van der Waals surface area contributed by atoms with Gasteiger partial charge in [0.25, 0.3) is 0 Å². The molecule has 1 amide bonds. The van der Waals surface area contributed by atoms with E-state index in [1.807, 2.05) is 62.4 Å². The van der Waals surface area contributed by atoms with Gasteiger partial charge in [0.05, 0.1) is 11.1 Å². The molecule has 4 rings (SSSR count). The van der Waals surface area contributed by atoms with E-state index < -0.39 is 5.41 Å². The number of hydrogen-bond donors (Lipinski definition) is 1. The first-order valence-electron chi connectivity index (χ1n) is 8.60. The Hall–Kier alpha value is -2.40. The molecule has 3 aromatic rings. The molecule has 132 valence electrons. The monoisotopic (exact) mass is 410 g/mol. The SMILES string of the molecule is Cc1nc(-c2cccc(NC(=O)C3(c4cccc(Br)c4)CC3)c2)oc1C. The first-order chi connectivity index (χ1) is 12.5. The Balaban J connectivity index is 1.58. The standard InChI is InChI=1S/C21H19BrN2O2/c1-13-14(2)26-19(23-13)15-5-3-8-18(11-15)24-20(25)21(9-10-21)16-6-4-7-17(22)12-16/h3-8,11-12H,9-10H2,1-2H3,(H,24,25). The molecule has 0 spiro atoms. The molecule has 1 fully saturated rings. The van der Waals surface area contributed by atoms with Crippen molar-refractivity contribution >= 4 is 27.5 Å². The first kappa shape index (κ1) is 17.0. The molecule has 5 heteroatoms. The summed E-state index contributed by atoms with van der Waals surface area (Å²) in [6.07, 6.45) is 1.74. The van der Waals surface area contributed by atoms with Gasteiger partial charge in [0.1, 0.15) is 5.76 Å². The van der Waals surface area contributed by atoms with Crippen LogP contribution in [-0.4, -0.2) is 10.9 Å². The zero-order valence-corrected chi connectivity index (χ0v) is 16.3. The lowest BCUT2D eigenvalue weighted by molar-refractivity contribution is -0.118. The van der Waals surface area contributed by atoms with Crippen LogP contribution in [0.15, 0.2) is 57.4 Å². The quantitative estimate of drug-likeness (QED) is 0.626. The predicted molar refractivity (Wildman–Crippen MR) is 105 cm³/mol. The van der Waals surface area contributed by atoms with Gasteiger partial charge in [-0.1, -0.05) is 34.1 Å². The van der Waals surface area contributed by atoms with Crippen LogP contribution in [0.25, 0.3) is 11.5 Å². The Morgan fingerprint density at radius 1 is 1.15 bits per heavy atom. The summed E-state index contributed by atoms with van der Waals surface area (Å²) in [7, 11) is 0. The fourth-order valence-corrected chi connectivity index (χ4v) is 3.53. The summed E-state index contributed by atoms with van der Waals surface area (Å²) in [6.45, 7) is 3.81. The zero-order valence-electron chi connectivity index (χ0n) is 14.7. The van der Waals surface area contributed by atoms with Crippen molar-refractivity contribution < 1.29 is 9.21 Å². The number of hydrogen-bond acceptors (Lipinski definition) is 3. The molecule has 0 bridgehead atoms. The fraction of sp³-hybridized carbons (Fsp3) is 0.238. The van der Waals surface area contributed by atoms with Crippen LogP contribution in [0.5, 0.6) is 0 Å². The Morgan fingerprint density at radius 3 is 2.58 bits per heavy atom. The van der Waals surface area contributed by atoms with Crippen molar-refractivity contribution in [1.82, 2.24) is 4.98 Å². The Labute approximate surface area is 160 Å². The topological polar surface area (TPSA) is 55.1 Å². The van der Waals surface area contributed by atoms with Crippen LogP contribution >= 0.6 is 15.9 Å². The minimum Gasteiger partial charge on any atom is -0.441 e. The maximum Gasteiger partial charge on any atom is 0.235 e. The molecule has 0 atom stereocenters. The van der Waals surface area contributed by atoms with Gasteiger partial charge in [-0.05, 0) is 62.6 Å². The van der Waals surface area contributed by atoms with E-state index in [-0.39, 0.29) is 5.91 Å². The van der Waals surface area contributed by atoms with E-state index >= 15 is 0 Å². The van der Waals surface area contributed by atoms with Crippen LogP contribution in [0.2, 0.25) is 0 Å². The van der Waals surface area contributed by atoms with Crippen LogP contribution in [0, 0.1) is 13.8 Å². The van der Waals surface area contributed by atoms with Crippen molar-refractivity contribution in [3.8, 4) is 11.5 Å². The number of amides is 1. The minimum atomic E-state index is -0.421. The number of nitrogens with one attached hydrogen (secondary N) is 1. The highest BCUT2D eigenvalue weighted by Gasteiger charge is 2.51. The minimum absolute atomic E-state index is 0.0347. The Kier molecular flexibility index (Phi) is 4.19. The fourth-order valence-electron chi connectivity index (χ4n) is 3.13. The van der Waals surface area contributed by atoms with E-state index in [9.17, 15) is 4.79 Å². The van der Waals surface area contributed by atoms with E-state index in [4.69, 9.17) is 4.42 Å². The lowest BCUT2D eigenvalue weighted by Crippen LogP contribution is -2.27.